The summed E-state index contributed by atoms with van der Waals surface area (Å²) in [7, 11) is 0. The van der Waals surface area contributed by atoms with Crippen molar-refractivity contribution in [1.29, 1.82) is 0 Å². The van der Waals surface area contributed by atoms with Gasteiger partial charge in [0.15, 0.2) is 0 Å². The van der Waals surface area contributed by atoms with Gasteiger partial charge in [-0.1, -0.05) is 0 Å². The maximum atomic E-state index is 11.6. The van der Waals surface area contributed by atoms with Crippen molar-refractivity contribution in [3.8, 4) is 0 Å². The molecule has 0 aromatic carbocycles. The molecule has 84 valence electrons. The number of hydrogen-bond donors (Lipinski definition) is 2. The standard InChI is InChI=1S/C10H22N2O2/c1-7(2)11-10(14)12(8(3)4)6-9(5)13/h7-9,13H,6H2,1-5H3,(H,11,14)/t9-/m0/s1. The molecule has 0 saturated carbocycles. The minimum atomic E-state index is -0.490. The largest absolute Gasteiger partial charge is 0.392 e. The molecule has 0 aromatic heterocycles. The molecule has 0 rings (SSSR count). The van der Waals surface area contributed by atoms with E-state index in [1.165, 1.54) is 0 Å². The Kier molecular flexibility index (Phi) is 5.53. The Labute approximate surface area is 86.3 Å². The highest BCUT2D eigenvalue weighted by molar-refractivity contribution is 5.74. The van der Waals surface area contributed by atoms with E-state index in [1.807, 2.05) is 27.7 Å². The molecule has 0 unspecified atom stereocenters. The van der Waals surface area contributed by atoms with Gasteiger partial charge in [-0.15, -0.1) is 0 Å². The third kappa shape index (κ3) is 5.07. The van der Waals surface area contributed by atoms with Crippen LogP contribution < -0.4 is 5.32 Å². The molecule has 0 aliphatic heterocycles. The Morgan fingerprint density at radius 2 is 1.79 bits per heavy atom. The van der Waals surface area contributed by atoms with Crippen LogP contribution in [0.15, 0.2) is 0 Å². The summed E-state index contributed by atoms with van der Waals surface area (Å²) >= 11 is 0. The Morgan fingerprint density at radius 1 is 1.29 bits per heavy atom. The number of urea groups is 1. The second-order valence-corrected chi connectivity index (χ2v) is 4.20. The maximum absolute atomic E-state index is 11.6. The summed E-state index contributed by atoms with van der Waals surface area (Å²) in [4.78, 5) is 13.3. The summed E-state index contributed by atoms with van der Waals surface area (Å²) in [6.45, 7) is 9.75. The van der Waals surface area contributed by atoms with E-state index in [0.717, 1.165) is 0 Å². The first-order valence-electron chi connectivity index (χ1n) is 5.09. The van der Waals surface area contributed by atoms with E-state index in [0.29, 0.717) is 6.54 Å². The van der Waals surface area contributed by atoms with Gasteiger partial charge in [0.05, 0.1) is 6.10 Å². The van der Waals surface area contributed by atoms with Crippen LogP contribution in [0.3, 0.4) is 0 Å². The third-order valence-electron chi connectivity index (χ3n) is 1.76. The molecule has 4 heteroatoms. The number of nitrogens with zero attached hydrogens (tertiary/aromatic N) is 1. The van der Waals surface area contributed by atoms with Crippen molar-refractivity contribution in [2.75, 3.05) is 6.54 Å². The summed E-state index contributed by atoms with van der Waals surface area (Å²) < 4.78 is 0. The van der Waals surface area contributed by atoms with Crippen LogP contribution in [-0.4, -0.2) is 40.8 Å². The lowest BCUT2D eigenvalue weighted by atomic mass is 10.3. The smallest absolute Gasteiger partial charge is 0.317 e. The third-order valence-corrected chi connectivity index (χ3v) is 1.76. The minimum Gasteiger partial charge on any atom is -0.392 e. The number of aliphatic hydroxyl groups is 1. The molecular weight excluding hydrogens is 180 g/mol. The van der Waals surface area contributed by atoms with Gasteiger partial charge in [-0.3, -0.25) is 0 Å². The lowest BCUT2D eigenvalue weighted by Crippen LogP contribution is -2.48. The number of carbonyl (C=O) groups is 1. The fourth-order valence-electron chi connectivity index (χ4n) is 1.14. The molecule has 14 heavy (non-hydrogen) atoms. The summed E-state index contributed by atoms with van der Waals surface area (Å²) in [5.41, 5.74) is 0. The second-order valence-electron chi connectivity index (χ2n) is 4.20. The molecule has 0 spiro atoms. The molecule has 0 radical (unpaired) electrons. The topological polar surface area (TPSA) is 52.6 Å². The number of aliphatic hydroxyl groups excluding tert-OH is 1. The minimum absolute atomic E-state index is 0.100. The second kappa shape index (κ2) is 5.86. The van der Waals surface area contributed by atoms with Crippen LogP contribution in [0.1, 0.15) is 34.6 Å². The maximum Gasteiger partial charge on any atom is 0.317 e. The fourth-order valence-corrected chi connectivity index (χ4v) is 1.14. The highest BCUT2D eigenvalue weighted by atomic mass is 16.3. The van der Waals surface area contributed by atoms with E-state index < -0.39 is 6.10 Å². The Hall–Kier alpha value is -0.770. The molecule has 0 fully saturated rings. The Morgan fingerprint density at radius 3 is 2.07 bits per heavy atom. The van der Waals surface area contributed by atoms with E-state index in [1.54, 1.807) is 11.8 Å². The molecular formula is C10H22N2O2. The van der Waals surface area contributed by atoms with Crippen LogP contribution in [-0.2, 0) is 0 Å². The van der Waals surface area contributed by atoms with Gasteiger partial charge < -0.3 is 15.3 Å². The van der Waals surface area contributed by atoms with Crippen molar-refractivity contribution in [3.05, 3.63) is 0 Å². The van der Waals surface area contributed by atoms with Crippen molar-refractivity contribution in [3.63, 3.8) is 0 Å². The van der Waals surface area contributed by atoms with Crippen LogP contribution >= 0.6 is 0 Å². The lowest BCUT2D eigenvalue weighted by molar-refractivity contribution is 0.118. The summed E-state index contributed by atoms with van der Waals surface area (Å²) in [5.74, 6) is 0. The molecule has 0 aliphatic carbocycles. The van der Waals surface area contributed by atoms with Crippen LogP contribution in [0.25, 0.3) is 0 Å². The van der Waals surface area contributed by atoms with Crippen LogP contribution in [0.2, 0.25) is 0 Å². The van der Waals surface area contributed by atoms with Crippen molar-refractivity contribution >= 4 is 6.03 Å². The molecule has 2 amide bonds. The Bertz CT molecular complexity index is 179. The van der Waals surface area contributed by atoms with Crippen molar-refractivity contribution in [2.45, 2.75) is 52.8 Å². The zero-order chi connectivity index (χ0) is 11.3. The van der Waals surface area contributed by atoms with Gasteiger partial charge in [-0.25, -0.2) is 4.79 Å². The van der Waals surface area contributed by atoms with Crippen molar-refractivity contribution in [2.24, 2.45) is 0 Å². The SMILES string of the molecule is CC(C)NC(=O)N(C[C@H](C)O)C(C)C. The van der Waals surface area contributed by atoms with Gasteiger partial charge in [0.1, 0.15) is 0 Å². The monoisotopic (exact) mass is 202 g/mol. The van der Waals surface area contributed by atoms with E-state index in [-0.39, 0.29) is 18.1 Å². The average molecular weight is 202 g/mol. The van der Waals surface area contributed by atoms with Gasteiger partial charge in [0.2, 0.25) is 0 Å². The molecule has 0 heterocycles. The molecule has 2 N–H and O–H groups in total. The first-order valence-corrected chi connectivity index (χ1v) is 5.09. The molecule has 1 atom stereocenters. The van der Waals surface area contributed by atoms with Crippen LogP contribution in [0, 0.1) is 0 Å². The summed E-state index contributed by atoms with van der Waals surface area (Å²) in [6.07, 6.45) is -0.490. The van der Waals surface area contributed by atoms with E-state index in [4.69, 9.17) is 0 Å². The molecule has 4 nitrogen and oxygen atoms in total. The highest BCUT2D eigenvalue weighted by Crippen LogP contribution is 2.01. The number of hydrogen-bond acceptors (Lipinski definition) is 2. The Balaban J connectivity index is 4.26. The number of amides is 2. The number of nitrogens with one attached hydrogen (secondary N) is 1. The molecule has 0 bridgehead atoms. The summed E-state index contributed by atoms with van der Waals surface area (Å²) in [6, 6.07) is 0.108. The van der Waals surface area contributed by atoms with Crippen molar-refractivity contribution in [1.82, 2.24) is 10.2 Å². The predicted molar refractivity (Wildman–Crippen MR) is 57.2 cm³/mol. The number of carbonyl (C=O) groups excluding carboxylic acids is 1. The zero-order valence-electron chi connectivity index (χ0n) is 9.74. The average Bonchev–Trinajstić information content (AvgIpc) is 1.97. The van der Waals surface area contributed by atoms with Crippen LogP contribution in [0.5, 0.6) is 0 Å². The fraction of sp³-hybridized carbons (Fsp3) is 0.900. The quantitative estimate of drug-likeness (QED) is 0.719. The highest BCUT2D eigenvalue weighted by Gasteiger charge is 2.18. The van der Waals surface area contributed by atoms with Gasteiger partial charge in [0, 0.05) is 18.6 Å². The van der Waals surface area contributed by atoms with Gasteiger partial charge in [0.25, 0.3) is 0 Å². The lowest BCUT2D eigenvalue weighted by Gasteiger charge is -2.29. The molecule has 0 aliphatic rings. The first kappa shape index (κ1) is 13.2. The van der Waals surface area contributed by atoms with E-state index >= 15 is 0 Å². The van der Waals surface area contributed by atoms with Gasteiger partial charge in [-0.05, 0) is 34.6 Å². The molecule has 0 aromatic rings. The van der Waals surface area contributed by atoms with Gasteiger partial charge >= 0.3 is 6.03 Å². The normalized spacial score (nSPS) is 13.1. The summed E-state index contributed by atoms with van der Waals surface area (Å²) in [5, 5.41) is 12.0. The van der Waals surface area contributed by atoms with E-state index in [9.17, 15) is 9.90 Å². The zero-order valence-corrected chi connectivity index (χ0v) is 9.74. The van der Waals surface area contributed by atoms with Gasteiger partial charge in [-0.2, -0.15) is 0 Å². The van der Waals surface area contributed by atoms with Crippen molar-refractivity contribution < 1.29 is 9.90 Å². The first-order chi connectivity index (χ1) is 6.34. The van der Waals surface area contributed by atoms with Crippen LogP contribution in [0.4, 0.5) is 4.79 Å². The number of rotatable bonds is 4. The predicted octanol–water partition coefficient (Wildman–Crippen LogP) is 1.20. The van der Waals surface area contributed by atoms with E-state index in [2.05, 4.69) is 5.32 Å². The molecule has 0 saturated heterocycles.